The maximum Gasteiger partial charge on any atom is 0.451 e. The predicted molar refractivity (Wildman–Crippen MR) is 45.0 cm³/mol. The quantitative estimate of drug-likeness (QED) is 0.833. The third-order valence-electron chi connectivity index (χ3n) is 1.32. The van der Waals surface area contributed by atoms with Crippen LogP contribution in [0.4, 0.5) is 19.1 Å². The van der Waals surface area contributed by atoms with E-state index in [0.717, 1.165) is 0 Å². The Morgan fingerprint density at radius 1 is 1.27 bits per heavy atom. The SMILES string of the molecule is CCCOc1nc(N)nc(C(F)(F)F)n1. The van der Waals surface area contributed by atoms with Gasteiger partial charge in [0, 0.05) is 0 Å². The summed E-state index contributed by atoms with van der Waals surface area (Å²) in [7, 11) is 0. The number of ether oxygens (including phenoxy) is 1. The highest BCUT2D eigenvalue weighted by Gasteiger charge is 2.35. The molecule has 5 nitrogen and oxygen atoms in total. The number of nitrogens with zero attached hydrogens (tertiary/aromatic N) is 3. The molecule has 0 spiro atoms. The van der Waals surface area contributed by atoms with Gasteiger partial charge in [0.05, 0.1) is 6.61 Å². The predicted octanol–water partition coefficient (Wildman–Crippen LogP) is 1.26. The molecule has 0 bridgehead atoms. The third kappa shape index (κ3) is 3.22. The van der Waals surface area contributed by atoms with Crippen LogP contribution >= 0.6 is 0 Å². The summed E-state index contributed by atoms with van der Waals surface area (Å²) in [6.07, 6.45) is -4.02. The Morgan fingerprint density at radius 3 is 2.47 bits per heavy atom. The van der Waals surface area contributed by atoms with E-state index in [2.05, 4.69) is 15.0 Å². The van der Waals surface area contributed by atoms with Gasteiger partial charge in [-0.15, -0.1) is 0 Å². The number of hydrogen-bond donors (Lipinski definition) is 1. The van der Waals surface area contributed by atoms with Gasteiger partial charge < -0.3 is 10.5 Å². The van der Waals surface area contributed by atoms with Crippen molar-refractivity contribution in [1.29, 1.82) is 0 Å². The van der Waals surface area contributed by atoms with E-state index in [0.29, 0.717) is 6.42 Å². The minimum atomic E-state index is -4.65. The second-order valence-corrected chi connectivity index (χ2v) is 2.65. The van der Waals surface area contributed by atoms with Crippen molar-refractivity contribution in [2.24, 2.45) is 0 Å². The fourth-order valence-electron chi connectivity index (χ4n) is 0.757. The van der Waals surface area contributed by atoms with Crippen molar-refractivity contribution in [2.75, 3.05) is 12.3 Å². The highest BCUT2D eigenvalue weighted by molar-refractivity contribution is 5.19. The molecule has 0 aromatic carbocycles. The first-order valence-corrected chi connectivity index (χ1v) is 4.15. The zero-order chi connectivity index (χ0) is 11.5. The lowest BCUT2D eigenvalue weighted by Gasteiger charge is -2.07. The molecule has 0 unspecified atom stereocenters. The Labute approximate surface area is 83.5 Å². The van der Waals surface area contributed by atoms with Gasteiger partial charge in [-0.25, -0.2) is 0 Å². The molecule has 0 aliphatic rings. The molecule has 0 amide bonds. The third-order valence-corrected chi connectivity index (χ3v) is 1.32. The zero-order valence-corrected chi connectivity index (χ0v) is 7.88. The molecule has 0 atom stereocenters. The zero-order valence-electron chi connectivity index (χ0n) is 7.88. The summed E-state index contributed by atoms with van der Waals surface area (Å²) in [4.78, 5) is 9.47. The van der Waals surface area contributed by atoms with Crippen LogP contribution in [0.25, 0.3) is 0 Å². The van der Waals surface area contributed by atoms with E-state index >= 15 is 0 Å². The number of alkyl halides is 3. The van der Waals surface area contributed by atoms with Crippen molar-refractivity contribution < 1.29 is 17.9 Å². The molecule has 0 fully saturated rings. The van der Waals surface area contributed by atoms with E-state index in [-0.39, 0.29) is 6.61 Å². The van der Waals surface area contributed by atoms with E-state index in [1.54, 1.807) is 6.92 Å². The molecule has 1 heterocycles. The van der Waals surface area contributed by atoms with E-state index in [1.807, 2.05) is 0 Å². The molecule has 8 heteroatoms. The number of anilines is 1. The molecule has 1 aromatic rings. The smallest absolute Gasteiger partial charge is 0.451 e. The Kier molecular flexibility index (Phi) is 3.28. The highest BCUT2D eigenvalue weighted by Crippen LogP contribution is 2.27. The molecule has 0 saturated carbocycles. The van der Waals surface area contributed by atoms with Crippen LogP contribution in [0.2, 0.25) is 0 Å². The molecule has 15 heavy (non-hydrogen) atoms. The van der Waals surface area contributed by atoms with Crippen LogP contribution in [-0.4, -0.2) is 21.6 Å². The number of hydrogen-bond acceptors (Lipinski definition) is 5. The van der Waals surface area contributed by atoms with E-state index in [9.17, 15) is 13.2 Å². The van der Waals surface area contributed by atoms with Crippen molar-refractivity contribution in [1.82, 2.24) is 15.0 Å². The largest absolute Gasteiger partial charge is 0.463 e. The van der Waals surface area contributed by atoms with Crippen LogP contribution < -0.4 is 10.5 Å². The molecular weight excluding hydrogens is 213 g/mol. The molecule has 0 saturated heterocycles. The first-order chi connectivity index (χ1) is 6.93. The fraction of sp³-hybridized carbons (Fsp3) is 0.571. The number of halogens is 3. The van der Waals surface area contributed by atoms with Gasteiger partial charge >= 0.3 is 12.2 Å². The van der Waals surface area contributed by atoms with Crippen LogP contribution in [0.3, 0.4) is 0 Å². The van der Waals surface area contributed by atoms with Crippen molar-refractivity contribution in [3.63, 3.8) is 0 Å². The molecule has 84 valence electrons. The molecule has 0 radical (unpaired) electrons. The van der Waals surface area contributed by atoms with Gasteiger partial charge in [0.15, 0.2) is 0 Å². The van der Waals surface area contributed by atoms with E-state index in [1.165, 1.54) is 0 Å². The number of nitrogens with two attached hydrogens (primary N) is 1. The first-order valence-electron chi connectivity index (χ1n) is 4.15. The van der Waals surface area contributed by atoms with Crippen molar-refractivity contribution in [3.8, 4) is 6.01 Å². The van der Waals surface area contributed by atoms with Gasteiger partial charge in [-0.1, -0.05) is 6.92 Å². The van der Waals surface area contributed by atoms with Gasteiger partial charge in [-0.05, 0) is 6.42 Å². The first kappa shape index (κ1) is 11.5. The Morgan fingerprint density at radius 2 is 1.93 bits per heavy atom. The fourth-order valence-corrected chi connectivity index (χ4v) is 0.757. The normalized spacial score (nSPS) is 11.5. The van der Waals surface area contributed by atoms with Crippen LogP contribution in [-0.2, 0) is 6.18 Å². The summed E-state index contributed by atoms with van der Waals surface area (Å²) in [6, 6.07) is -0.406. The number of nitrogen functional groups attached to an aromatic ring is 1. The Balaban J connectivity index is 2.95. The summed E-state index contributed by atoms with van der Waals surface area (Å²) < 4.78 is 41.4. The lowest BCUT2D eigenvalue weighted by molar-refractivity contribution is -0.145. The van der Waals surface area contributed by atoms with Gasteiger partial charge in [-0.3, -0.25) is 0 Å². The van der Waals surface area contributed by atoms with Crippen LogP contribution in [0.1, 0.15) is 19.2 Å². The Bertz CT molecular complexity index is 341. The topological polar surface area (TPSA) is 73.9 Å². The summed E-state index contributed by atoms with van der Waals surface area (Å²) in [5, 5.41) is 0. The maximum absolute atomic E-state index is 12.2. The summed E-state index contributed by atoms with van der Waals surface area (Å²) >= 11 is 0. The molecular formula is C7H9F3N4O. The van der Waals surface area contributed by atoms with Gasteiger partial charge in [-0.2, -0.15) is 28.1 Å². The summed E-state index contributed by atoms with van der Waals surface area (Å²) in [5.74, 6) is -1.86. The average molecular weight is 222 g/mol. The standard InChI is InChI=1S/C7H9F3N4O/c1-2-3-15-6-13-4(7(8,9)10)12-5(11)14-6/h2-3H2,1H3,(H2,11,12,13,14). The van der Waals surface area contributed by atoms with Gasteiger partial charge in [0.1, 0.15) is 0 Å². The second-order valence-electron chi connectivity index (χ2n) is 2.65. The minimum Gasteiger partial charge on any atom is -0.463 e. The number of aromatic nitrogens is 3. The molecule has 0 aliphatic carbocycles. The van der Waals surface area contributed by atoms with E-state index < -0.39 is 24.0 Å². The number of rotatable bonds is 3. The average Bonchev–Trinajstić information content (AvgIpc) is 2.12. The Hall–Kier alpha value is -1.60. The van der Waals surface area contributed by atoms with Crippen molar-refractivity contribution in [3.05, 3.63) is 5.82 Å². The van der Waals surface area contributed by atoms with Crippen molar-refractivity contribution in [2.45, 2.75) is 19.5 Å². The summed E-state index contributed by atoms with van der Waals surface area (Å²) in [5.41, 5.74) is 5.09. The molecule has 1 aromatic heterocycles. The lowest BCUT2D eigenvalue weighted by Crippen LogP contribution is -2.15. The second kappa shape index (κ2) is 4.28. The molecule has 1 rings (SSSR count). The van der Waals surface area contributed by atoms with Gasteiger partial charge in [0.2, 0.25) is 11.8 Å². The van der Waals surface area contributed by atoms with Crippen LogP contribution in [0.15, 0.2) is 0 Å². The highest BCUT2D eigenvalue weighted by atomic mass is 19.4. The lowest BCUT2D eigenvalue weighted by atomic mass is 10.5. The minimum absolute atomic E-state index is 0.223. The van der Waals surface area contributed by atoms with Crippen LogP contribution in [0.5, 0.6) is 6.01 Å². The van der Waals surface area contributed by atoms with E-state index in [4.69, 9.17) is 10.5 Å². The molecule has 2 N–H and O–H groups in total. The monoisotopic (exact) mass is 222 g/mol. The molecule has 0 aliphatic heterocycles. The summed E-state index contributed by atoms with van der Waals surface area (Å²) in [6.45, 7) is 2.02. The van der Waals surface area contributed by atoms with Gasteiger partial charge in [0.25, 0.3) is 0 Å². The van der Waals surface area contributed by atoms with Crippen LogP contribution in [0, 0.1) is 0 Å². The van der Waals surface area contributed by atoms with Crippen molar-refractivity contribution >= 4 is 5.95 Å². The maximum atomic E-state index is 12.2.